The predicted molar refractivity (Wildman–Crippen MR) is 41.5 cm³/mol. The molecule has 0 aromatic rings. The van der Waals surface area contributed by atoms with Gasteiger partial charge in [0.1, 0.15) is 0 Å². The third-order valence-electron chi connectivity index (χ3n) is 3.65. The summed E-state index contributed by atoms with van der Waals surface area (Å²) in [5.41, 5.74) is 4.80. The molecule has 3 atom stereocenters. The van der Waals surface area contributed by atoms with Gasteiger partial charge < -0.3 is 0 Å². The van der Waals surface area contributed by atoms with Crippen molar-refractivity contribution in [3.63, 3.8) is 0 Å². The predicted octanol–water partition coefficient (Wildman–Crippen LogP) is 2.53. The zero-order valence-electron chi connectivity index (χ0n) is 6.35. The minimum atomic E-state index is 0.928. The molecule has 0 saturated heterocycles. The van der Waals surface area contributed by atoms with Gasteiger partial charge in [0, 0.05) is 0 Å². The first kappa shape index (κ1) is 5.17. The fourth-order valence-electron chi connectivity index (χ4n) is 3.14. The first-order valence-corrected chi connectivity index (χ1v) is 4.18. The highest BCUT2D eigenvalue weighted by Gasteiger charge is 2.56. The molecule has 2 fully saturated rings. The molecule has 0 amide bonds. The lowest BCUT2D eigenvalue weighted by Gasteiger charge is -2.53. The molecule has 0 aromatic heterocycles. The van der Waals surface area contributed by atoms with E-state index in [4.69, 9.17) is 0 Å². The number of allylic oxidation sites excluding steroid dienone is 3. The maximum absolute atomic E-state index is 4.11. The molecule has 0 radical (unpaired) electrons. The molecule has 0 nitrogen and oxygen atoms in total. The van der Waals surface area contributed by atoms with E-state index in [0.29, 0.717) is 0 Å². The summed E-state index contributed by atoms with van der Waals surface area (Å²) in [6.45, 7) is 6.40. The molecule has 0 aliphatic heterocycles. The van der Waals surface area contributed by atoms with Gasteiger partial charge in [-0.3, -0.25) is 0 Å². The Morgan fingerprint density at radius 2 is 2.30 bits per heavy atom. The Hall–Kier alpha value is -0.520. The second kappa shape index (κ2) is 1.25. The average Bonchev–Trinajstić information content (AvgIpc) is 1.97. The third kappa shape index (κ3) is 0.317. The van der Waals surface area contributed by atoms with Crippen LogP contribution in [0.15, 0.2) is 23.3 Å². The fourth-order valence-corrected chi connectivity index (χ4v) is 3.14. The van der Waals surface area contributed by atoms with Crippen LogP contribution in [0.2, 0.25) is 0 Å². The Kier molecular flexibility index (Phi) is 0.647. The maximum atomic E-state index is 4.11. The van der Waals surface area contributed by atoms with Gasteiger partial charge in [0.25, 0.3) is 0 Å². The summed E-state index contributed by atoms with van der Waals surface area (Å²) in [5.74, 6) is 2.97. The lowest BCUT2D eigenvalue weighted by Crippen LogP contribution is -2.44. The van der Waals surface area contributed by atoms with E-state index in [-0.39, 0.29) is 0 Å². The van der Waals surface area contributed by atoms with Crippen LogP contribution in [0.5, 0.6) is 0 Å². The Morgan fingerprint density at radius 3 is 3.00 bits per heavy atom. The molecule has 0 N–H and O–H groups in total. The zero-order valence-corrected chi connectivity index (χ0v) is 6.35. The molecular weight excluding hydrogens is 120 g/mol. The Labute approximate surface area is 61.6 Å². The molecule has 0 bridgehead atoms. The lowest BCUT2D eigenvalue weighted by atomic mass is 9.51. The Bertz CT molecular complexity index is 257. The molecule has 0 heteroatoms. The van der Waals surface area contributed by atoms with E-state index in [1.54, 1.807) is 11.1 Å². The summed E-state index contributed by atoms with van der Waals surface area (Å²) in [6.07, 6.45) is 2.83. The average molecular weight is 132 g/mol. The number of hydrogen-bond donors (Lipinski definition) is 0. The van der Waals surface area contributed by atoms with Crippen LogP contribution in [-0.2, 0) is 0 Å². The van der Waals surface area contributed by atoms with E-state index >= 15 is 0 Å². The number of hydrogen-bond acceptors (Lipinski definition) is 0. The van der Waals surface area contributed by atoms with Crippen molar-refractivity contribution in [1.29, 1.82) is 0 Å². The van der Waals surface area contributed by atoms with E-state index in [1.165, 1.54) is 18.4 Å². The van der Waals surface area contributed by atoms with E-state index in [0.717, 1.165) is 17.8 Å². The Balaban J connectivity index is 2.14. The van der Waals surface area contributed by atoms with Crippen LogP contribution in [0.25, 0.3) is 0 Å². The standard InChI is InChI=1S/C10H12/c1-5-3-7-4-8-6(2)9(5)10(7)8/h7-8,10H,2-4H2,1H3. The first-order chi connectivity index (χ1) is 4.79. The van der Waals surface area contributed by atoms with Crippen LogP contribution in [0, 0.1) is 17.8 Å². The summed E-state index contributed by atoms with van der Waals surface area (Å²) < 4.78 is 0. The second-order valence-electron chi connectivity index (χ2n) is 4.05. The first-order valence-electron chi connectivity index (χ1n) is 4.18. The Morgan fingerprint density at radius 1 is 1.50 bits per heavy atom. The van der Waals surface area contributed by atoms with E-state index in [1.807, 2.05) is 0 Å². The molecule has 3 aliphatic carbocycles. The van der Waals surface area contributed by atoms with Crippen molar-refractivity contribution in [2.75, 3.05) is 0 Å². The highest BCUT2D eigenvalue weighted by Crippen LogP contribution is 2.67. The van der Waals surface area contributed by atoms with Crippen molar-refractivity contribution in [3.8, 4) is 0 Å². The molecule has 0 spiro atoms. The van der Waals surface area contributed by atoms with Crippen molar-refractivity contribution in [2.45, 2.75) is 19.8 Å². The molecule has 0 heterocycles. The second-order valence-corrected chi connectivity index (χ2v) is 4.05. The monoisotopic (exact) mass is 132 g/mol. The van der Waals surface area contributed by atoms with Crippen molar-refractivity contribution in [2.24, 2.45) is 17.8 Å². The lowest BCUT2D eigenvalue weighted by molar-refractivity contribution is 0.114. The van der Waals surface area contributed by atoms with Crippen molar-refractivity contribution in [1.82, 2.24) is 0 Å². The third-order valence-corrected chi connectivity index (χ3v) is 3.65. The van der Waals surface area contributed by atoms with Crippen LogP contribution in [-0.4, -0.2) is 0 Å². The van der Waals surface area contributed by atoms with Gasteiger partial charge in [-0.05, 0) is 48.7 Å². The molecule has 3 rings (SSSR count). The van der Waals surface area contributed by atoms with Gasteiger partial charge in [-0.15, -0.1) is 0 Å². The van der Waals surface area contributed by atoms with Crippen molar-refractivity contribution >= 4 is 0 Å². The summed E-state index contributed by atoms with van der Waals surface area (Å²) in [7, 11) is 0. The molecule has 3 unspecified atom stereocenters. The van der Waals surface area contributed by atoms with E-state index in [9.17, 15) is 0 Å². The van der Waals surface area contributed by atoms with Gasteiger partial charge >= 0.3 is 0 Å². The van der Waals surface area contributed by atoms with Crippen LogP contribution < -0.4 is 0 Å². The van der Waals surface area contributed by atoms with Crippen LogP contribution >= 0.6 is 0 Å². The smallest absolute Gasteiger partial charge is 0.00594 e. The molecule has 3 aliphatic rings. The number of rotatable bonds is 0. The maximum Gasteiger partial charge on any atom is -0.00594 e. The molecular formula is C10H12. The highest BCUT2D eigenvalue weighted by atomic mass is 14.6. The van der Waals surface area contributed by atoms with Gasteiger partial charge in [0.2, 0.25) is 0 Å². The van der Waals surface area contributed by atoms with Gasteiger partial charge in [-0.2, -0.15) is 0 Å². The quantitative estimate of drug-likeness (QED) is 0.475. The normalized spacial score (nSPS) is 48.5. The zero-order chi connectivity index (χ0) is 6.88. The van der Waals surface area contributed by atoms with Gasteiger partial charge in [-0.25, -0.2) is 0 Å². The summed E-state index contributed by atoms with van der Waals surface area (Å²) >= 11 is 0. The summed E-state index contributed by atoms with van der Waals surface area (Å²) in [4.78, 5) is 0. The van der Waals surface area contributed by atoms with E-state index < -0.39 is 0 Å². The van der Waals surface area contributed by atoms with Gasteiger partial charge in [-0.1, -0.05) is 12.2 Å². The summed E-state index contributed by atoms with van der Waals surface area (Å²) in [5, 5.41) is 0. The topological polar surface area (TPSA) is 0 Å². The van der Waals surface area contributed by atoms with Gasteiger partial charge in [0.05, 0.1) is 0 Å². The van der Waals surface area contributed by atoms with Crippen LogP contribution in [0.1, 0.15) is 19.8 Å². The molecule has 10 heavy (non-hydrogen) atoms. The molecule has 0 aromatic carbocycles. The van der Waals surface area contributed by atoms with Crippen LogP contribution in [0.4, 0.5) is 0 Å². The fraction of sp³-hybridized carbons (Fsp3) is 0.600. The minimum Gasteiger partial charge on any atom is -0.0952 e. The van der Waals surface area contributed by atoms with E-state index in [2.05, 4.69) is 13.5 Å². The van der Waals surface area contributed by atoms with Gasteiger partial charge in [0.15, 0.2) is 0 Å². The van der Waals surface area contributed by atoms with Crippen molar-refractivity contribution < 1.29 is 0 Å². The summed E-state index contributed by atoms with van der Waals surface area (Å²) in [6, 6.07) is 0. The highest BCUT2D eigenvalue weighted by molar-refractivity contribution is 5.54. The minimum absolute atomic E-state index is 0.928. The van der Waals surface area contributed by atoms with Crippen LogP contribution in [0.3, 0.4) is 0 Å². The molecule has 2 saturated carbocycles. The molecule has 52 valence electrons. The van der Waals surface area contributed by atoms with Crippen molar-refractivity contribution in [3.05, 3.63) is 23.3 Å². The SMILES string of the molecule is C=C1C2=C(C)CC3CC1C23. The largest absolute Gasteiger partial charge is 0.0952 e.